The lowest BCUT2D eigenvalue weighted by Crippen LogP contribution is -2.23. The predicted octanol–water partition coefficient (Wildman–Crippen LogP) is 0.488. The van der Waals surface area contributed by atoms with Crippen molar-refractivity contribution in [3.8, 4) is 0 Å². The number of carbonyl (C=O) groups is 1. The summed E-state index contributed by atoms with van der Waals surface area (Å²) in [6.07, 6.45) is 2.29. The quantitative estimate of drug-likeness (QED) is 0.727. The van der Waals surface area contributed by atoms with Gasteiger partial charge >= 0.3 is 5.97 Å². The van der Waals surface area contributed by atoms with Crippen LogP contribution in [0.1, 0.15) is 19.8 Å². The number of ether oxygens (including phenoxy) is 1. The Hall–Kier alpha value is -2.12. The molecule has 0 unspecified atom stereocenters. The minimum Gasteiger partial charge on any atom is -0.465 e. The van der Waals surface area contributed by atoms with Gasteiger partial charge in [0, 0.05) is 20.1 Å². The molecule has 1 saturated heterocycles. The number of aromatic nitrogens is 3. The van der Waals surface area contributed by atoms with Gasteiger partial charge in [-0.2, -0.15) is 15.0 Å². The number of anilines is 3. The third-order valence-corrected chi connectivity index (χ3v) is 2.93. The Morgan fingerprint density at radius 2 is 1.95 bits per heavy atom. The van der Waals surface area contributed by atoms with E-state index in [0.29, 0.717) is 24.5 Å². The largest absolute Gasteiger partial charge is 0.465 e. The second-order valence-electron chi connectivity index (χ2n) is 4.39. The summed E-state index contributed by atoms with van der Waals surface area (Å²) >= 11 is 0. The number of nitrogens with zero attached hydrogens (tertiary/aromatic N) is 4. The summed E-state index contributed by atoms with van der Waals surface area (Å²) in [6, 6.07) is 0. The average molecular weight is 280 g/mol. The molecule has 1 aromatic rings. The zero-order valence-electron chi connectivity index (χ0n) is 11.8. The zero-order chi connectivity index (χ0) is 14.4. The van der Waals surface area contributed by atoms with Gasteiger partial charge in [0.1, 0.15) is 6.54 Å². The first kappa shape index (κ1) is 14.3. The minimum atomic E-state index is -0.332. The highest BCUT2D eigenvalue weighted by molar-refractivity contribution is 5.74. The third kappa shape index (κ3) is 3.69. The van der Waals surface area contributed by atoms with E-state index in [-0.39, 0.29) is 12.5 Å². The number of rotatable bonds is 6. The van der Waals surface area contributed by atoms with E-state index < -0.39 is 0 Å². The van der Waals surface area contributed by atoms with Crippen LogP contribution in [0, 0.1) is 0 Å². The molecule has 0 saturated carbocycles. The monoisotopic (exact) mass is 280 g/mol. The summed E-state index contributed by atoms with van der Waals surface area (Å²) in [6.45, 7) is 4.07. The Kier molecular flexibility index (Phi) is 4.91. The van der Waals surface area contributed by atoms with E-state index >= 15 is 0 Å². The number of hydrogen-bond donors (Lipinski definition) is 2. The highest BCUT2D eigenvalue weighted by atomic mass is 16.5. The topological polar surface area (TPSA) is 92.3 Å². The van der Waals surface area contributed by atoms with Crippen LogP contribution in [0.2, 0.25) is 0 Å². The maximum absolute atomic E-state index is 11.3. The van der Waals surface area contributed by atoms with E-state index in [9.17, 15) is 4.79 Å². The first-order chi connectivity index (χ1) is 9.72. The Labute approximate surface area is 118 Å². The Morgan fingerprint density at radius 1 is 1.25 bits per heavy atom. The van der Waals surface area contributed by atoms with Crippen LogP contribution in [0.4, 0.5) is 17.8 Å². The third-order valence-electron chi connectivity index (χ3n) is 2.93. The number of nitrogens with one attached hydrogen (secondary N) is 2. The molecule has 0 aliphatic carbocycles. The van der Waals surface area contributed by atoms with E-state index in [4.69, 9.17) is 4.74 Å². The van der Waals surface area contributed by atoms with Crippen molar-refractivity contribution in [2.75, 3.05) is 48.8 Å². The van der Waals surface area contributed by atoms with Gasteiger partial charge in [-0.15, -0.1) is 0 Å². The molecule has 1 aliphatic heterocycles. The summed E-state index contributed by atoms with van der Waals surface area (Å²) < 4.78 is 4.85. The van der Waals surface area contributed by atoms with E-state index in [1.54, 1.807) is 14.0 Å². The fraction of sp³-hybridized carbons (Fsp3) is 0.667. The fourth-order valence-electron chi connectivity index (χ4n) is 1.98. The molecule has 0 bridgehead atoms. The minimum absolute atomic E-state index is 0.0421. The summed E-state index contributed by atoms with van der Waals surface area (Å²) in [4.78, 5) is 26.3. The van der Waals surface area contributed by atoms with Crippen LogP contribution in [0.5, 0.6) is 0 Å². The molecule has 2 rings (SSSR count). The zero-order valence-corrected chi connectivity index (χ0v) is 11.8. The van der Waals surface area contributed by atoms with Crippen LogP contribution in [0.15, 0.2) is 0 Å². The molecule has 0 atom stereocenters. The molecule has 2 heterocycles. The molecule has 110 valence electrons. The number of esters is 1. The molecule has 1 aliphatic rings. The maximum atomic E-state index is 11.3. The maximum Gasteiger partial charge on any atom is 0.325 e. The second kappa shape index (κ2) is 6.88. The van der Waals surface area contributed by atoms with Crippen LogP contribution in [-0.2, 0) is 9.53 Å². The summed E-state index contributed by atoms with van der Waals surface area (Å²) in [7, 11) is 1.75. The van der Waals surface area contributed by atoms with E-state index in [1.165, 1.54) is 0 Å². The first-order valence-corrected chi connectivity index (χ1v) is 6.81. The molecule has 2 N–H and O–H groups in total. The fourth-order valence-corrected chi connectivity index (χ4v) is 1.98. The molecule has 20 heavy (non-hydrogen) atoms. The van der Waals surface area contributed by atoms with Crippen molar-refractivity contribution in [2.24, 2.45) is 0 Å². The predicted molar refractivity (Wildman–Crippen MR) is 75.9 cm³/mol. The van der Waals surface area contributed by atoms with Gasteiger partial charge in [-0.25, -0.2) is 0 Å². The van der Waals surface area contributed by atoms with Crippen molar-refractivity contribution in [3.63, 3.8) is 0 Å². The molecule has 8 heteroatoms. The lowest BCUT2D eigenvalue weighted by atomic mass is 10.4. The molecular formula is C12H20N6O2. The molecular weight excluding hydrogens is 260 g/mol. The van der Waals surface area contributed by atoms with Gasteiger partial charge in [-0.3, -0.25) is 4.79 Å². The molecule has 8 nitrogen and oxygen atoms in total. The van der Waals surface area contributed by atoms with Gasteiger partial charge in [0.25, 0.3) is 0 Å². The Bertz CT molecular complexity index is 461. The van der Waals surface area contributed by atoms with Gasteiger partial charge in [0.15, 0.2) is 0 Å². The van der Waals surface area contributed by atoms with Gasteiger partial charge in [-0.1, -0.05) is 0 Å². The first-order valence-electron chi connectivity index (χ1n) is 6.81. The van der Waals surface area contributed by atoms with Gasteiger partial charge in [0.05, 0.1) is 6.61 Å². The van der Waals surface area contributed by atoms with Crippen LogP contribution in [-0.4, -0.2) is 54.2 Å². The van der Waals surface area contributed by atoms with Crippen molar-refractivity contribution in [1.29, 1.82) is 0 Å². The number of hydrogen-bond acceptors (Lipinski definition) is 8. The van der Waals surface area contributed by atoms with Crippen molar-refractivity contribution >= 4 is 23.8 Å². The lowest BCUT2D eigenvalue weighted by Gasteiger charge is -2.16. The van der Waals surface area contributed by atoms with Crippen molar-refractivity contribution in [2.45, 2.75) is 19.8 Å². The summed E-state index contributed by atoms with van der Waals surface area (Å²) in [5, 5.41) is 5.76. The molecule has 0 spiro atoms. The molecule has 0 amide bonds. The molecule has 1 aromatic heterocycles. The van der Waals surface area contributed by atoms with Gasteiger partial charge in [0.2, 0.25) is 17.8 Å². The molecule has 0 radical (unpaired) electrons. The highest BCUT2D eigenvalue weighted by Crippen LogP contribution is 2.18. The van der Waals surface area contributed by atoms with E-state index in [0.717, 1.165) is 25.9 Å². The smallest absolute Gasteiger partial charge is 0.325 e. The van der Waals surface area contributed by atoms with Gasteiger partial charge in [-0.05, 0) is 19.8 Å². The molecule has 1 fully saturated rings. The van der Waals surface area contributed by atoms with Crippen LogP contribution in [0.25, 0.3) is 0 Å². The lowest BCUT2D eigenvalue weighted by molar-refractivity contribution is -0.140. The van der Waals surface area contributed by atoms with Crippen molar-refractivity contribution in [3.05, 3.63) is 0 Å². The van der Waals surface area contributed by atoms with Crippen LogP contribution < -0.4 is 15.5 Å². The van der Waals surface area contributed by atoms with Crippen molar-refractivity contribution in [1.82, 2.24) is 15.0 Å². The highest BCUT2D eigenvalue weighted by Gasteiger charge is 2.17. The number of carbonyl (C=O) groups excluding carboxylic acids is 1. The second-order valence-corrected chi connectivity index (χ2v) is 4.39. The van der Waals surface area contributed by atoms with Crippen molar-refractivity contribution < 1.29 is 9.53 Å². The van der Waals surface area contributed by atoms with Crippen LogP contribution >= 0.6 is 0 Å². The SMILES string of the molecule is CCOC(=O)CNc1nc(NC)nc(N2CCCC2)n1. The van der Waals surface area contributed by atoms with E-state index in [1.807, 2.05) is 0 Å². The normalized spacial score (nSPS) is 14.2. The summed E-state index contributed by atoms with van der Waals surface area (Å²) in [5.74, 6) is 1.16. The van der Waals surface area contributed by atoms with Gasteiger partial charge < -0.3 is 20.3 Å². The molecule has 0 aromatic carbocycles. The Morgan fingerprint density at radius 3 is 2.60 bits per heavy atom. The summed E-state index contributed by atoms with van der Waals surface area (Å²) in [5.41, 5.74) is 0. The van der Waals surface area contributed by atoms with Crippen LogP contribution in [0.3, 0.4) is 0 Å². The average Bonchev–Trinajstić information content (AvgIpc) is 2.99. The Balaban J connectivity index is 2.07. The van der Waals surface area contributed by atoms with E-state index in [2.05, 4.69) is 30.5 Å². The standard InChI is InChI=1S/C12H20N6O2/c1-3-20-9(19)8-14-11-15-10(13-2)16-12(17-11)18-6-4-5-7-18/h3-8H2,1-2H3,(H2,13,14,15,16,17).